The standard InChI is InChI=1S/C15H21N3/c1-4-18-15(13-8-6-5-7-9-13)11-14(17-18)10-12(2)16-3/h5-9,11-12,16H,4,10H2,1-3H3. The third-order valence-electron chi connectivity index (χ3n) is 3.21. The lowest BCUT2D eigenvalue weighted by molar-refractivity contribution is 0.583. The SMILES string of the molecule is CCn1nc(CC(C)NC)cc1-c1ccccc1. The van der Waals surface area contributed by atoms with Crippen LogP contribution in [0.2, 0.25) is 0 Å². The molecule has 1 N–H and O–H groups in total. The van der Waals surface area contributed by atoms with Crippen LogP contribution in [0.25, 0.3) is 11.3 Å². The summed E-state index contributed by atoms with van der Waals surface area (Å²) in [6.45, 7) is 5.20. The van der Waals surface area contributed by atoms with Gasteiger partial charge < -0.3 is 5.32 Å². The lowest BCUT2D eigenvalue weighted by Crippen LogP contribution is -2.23. The van der Waals surface area contributed by atoms with Crippen molar-refractivity contribution >= 4 is 0 Å². The molecule has 2 rings (SSSR count). The van der Waals surface area contributed by atoms with Gasteiger partial charge >= 0.3 is 0 Å². The van der Waals surface area contributed by atoms with Crippen molar-refractivity contribution in [2.75, 3.05) is 7.05 Å². The van der Waals surface area contributed by atoms with Crippen molar-refractivity contribution in [1.29, 1.82) is 0 Å². The maximum atomic E-state index is 4.67. The summed E-state index contributed by atoms with van der Waals surface area (Å²) in [5.41, 5.74) is 3.59. The van der Waals surface area contributed by atoms with Crippen molar-refractivity contribution in [1.82, 2.24) is 15.1 Å². The summed E-state index contributed by atoms with van der Waals surface area (Å²) >= 11 is 0. The summed E-state index contributed by atoms with van der Waals surface area (Å²) < 4.78 is 2.08. The van der Waals surface area contributed by atoms with Gasteiger partial charge in [-0.15, -0.1) is 0 Å². The fourth-order valence-corrected chi connectivity index (χ4v) is 2.07. The Balaban J connectivity index is 2.30. The predicted octanol–water partition coefficient (Wildman–Crippen LogP) is 2.72. The number of nitrogens with one attached hydrogen (secondary N) is 1. The van der Waals surface area contributed by atoms with Gasteiger partial charge in [0.1, 0.15) is 0 Å². The van der Waals surface area contributed by atoms with Gasteiger partial charge in [0.15, 0.2) is 0 Å². The maximum Gasteiger partial charge on any atom is 0.0685 e. The molecule has 0 bridgehead atoms. The summed E-state index contributed by atoms with van der Waals surface area (Å²) in [5.74, 6) is 0. The first-order valence-electron chi connectivity index (χ1n) is 6.54. The van der Waals surface area contributed by atoms with Crippen LogP contribution < -0.4 is 5.32 Å². The molecular formula is C15H21N3. The minimum atomic E-state index is 0.453. The van der Waals surface area contributed by atoms with E-state index >= 15 is 0 Å². The lowest BCUT2D eigenvalue weighted by atomic mass is 10.1. The number of hydrogen-bond acceptors (Lipinski definition) is 2. The van der Waals surface area contributed by atoms with Gasteiger partial charge in [-0.25, -0.2) is 0 Å². The van der Waals surface area contributed by atoms with E-state index in [1.54, 1.807) is 0 Å². The Bertz CT molecular complexity index is 488. The van der Waals surface area contributed by atoms with E-state index < -0.39 is 0 Å². The zero-order valence-corrected chi connectivity index (χ0v) is 11.4. The molecular weight excluding hydrogens is 222 g/mol. The topological polar surface area (TPSA) is 29.9 Å². The first-order chi connectivity index (χ1) is 8.74. The molecule has 0 radical (unpaired) electrons. The molecule has 18 heavy (non-hydrogen) atoms. The van der Waals surface area contributed by atoms with Crippen molar-refractivity contribution in [2.45, 2.75) is 32.9 Å². The molecule has 1 heterocycles. The zero-order chi connectivity index (χ0) is 13.0. The Morgan fingerprint density at radius 2 is 2.00 bits per heavy atom. The number of likely N-dealkylation sites (N-methyl/N-ethyl adjacent to an activating group) is 1. The summed E-state index contributed by atoms with van der Waals surface area (Å²) in [6, 6.07) is 13.1. The van der Waals surface area contributed by atoms with Gasteiger partial charge in [-0.2, -0.15) is 5.10 Å². The molecule has 3 nitrogen and oxygen atoms in total. The van der Waals surface area contributed by atoms with E-state index in [1.165, 1.54) is 11.3 Å². The van der Waals surface area contributed by atoms with Crippen LogP contribution >= 0.6 is 0 Å². The second-order valence-corrected chi connectivity index (χ2v) is 4.60. The van der Waals surface area contributed by atoms with Crippen LogP contribution in [-0.4, -0.2) is 22.9 Å². The van der Waals surface area contributed by atoms with E-state index in [2.05, 4.69) is 59.3 Å². The lowest BCUT2D eigenvalue weighted by Gasteiger charge is -2.06. The fourth-order valence-electron chi connectivity index (χ4n) is 2.07. The number of aromatic nitrogens is 2. The van der Waals surface area contributed by atoms with Gasteiger partial charge in [-0.05, 0) is 32.5 Å². The highest BCUT2D eigenvalue weighted by molar-refractivity contribution is 5.59. The Morgan fingerprint density at radius 3 is 2.61 bits per heavy atom. The van der Waals surface area contributed by atoms with Crippen molar-refractivity contribution < 1.29 is 0 Å². The van der Waals surface area contributed by atoms with Crippen LogP contribution in [0.3, 0.4) is 0 Å². The first-order valence-corrected chi connectivity index (χ1v) is 6.54. The second kappa shape index (κ2) is 5.83. The minimum Gasteiger partial charge on any atom is -0.317 e. The maximum absolute atomic E-state index is 4.67. The first kappa shape index (κ1) is 12.8. The molecule has 96 valence electrons. The highest BCUT2D eigenvalue weighted by atomic mass is 15.3. The van der Waals surface area contributed by atoms with E-state index in [1.807, 2.05) is 13.1 Å². The predicted molar refractivity (Wildman–Crippen MR) is 75.6 cm³/mol. The number of nitrogens with zero attached hydrogens (tertiary/aromatic N) is 2. The molecule has 0 aliphatic rings. The summed E-state index contributed by atoms with van der Waals surface area (Å²) in [5, 5.41) is 7.92. The highest BCUT2D eigenvalue weighted by Gasteiger charge is 2.10. The van der Waals surface area contributed by atoms with Gasteiger partial charge in [0, 0.05) is 19.0 Å². The second-order valence-electron chi connectivity index (χ2n) is 4.60. The van der Waals surface area contributed by atoms with Gasteiger partial charge in [0.25, 0.3) is 0 Å². The van der Waals surface area contributed by atoms with E-state index in [9.17, 15) is 0 Å². The molecule has 2 aromatic rings. The molecule has 0 amide bonds. The van der Waals surface area contributed by atoms with Crippen molar-refractivity contribution in [3.8, 4) is 11.3 Å². The molecule has 0 saturated carbocycles. The Hall–Kier alpha value is -1.61. The monoisotopic (exact) mass is 243 g/mol. The summed E-state index contributed by atoms with van der Waals surface area (Å²) in [4.78, 5) is 0. The van der Waals surface area contributed by atoms with Crippen LogP contribution in [-0.2, 0) is 13.0 Å². The molecule has 1 unspecified atom stereocenters. The molecule has 0 saturated heterocycles. The van der Waals surface area contributed by atoms with Crippen molar-refractivity contribution in [2.24, 2.45) is 0 Å². The third-order valence-corrected chi connectivity index (χ3v) is 3.21. The Kier molecular flexibility index (Phi) is 4.15. The minimum absolute atomic E-state index is 0.453. The Labute approximate surface area is 109 Å². The van der Waals surface area contributed by atoms with Gasteiger partial charge in [-0.3, -0.25) is 4.68 Å². The number of benzene rings is 1. The van der Waals surface area contributed by atoms with Crippen LogP contribution in [0.5, 0.6) is 0 Å². The quantitative estimate of drug-likeness (QED) is 0.875. The number of hydrogen-bond donors (Lipinski definition) is 1. The fraction of sp³-hybridized carbons (Fsp3) is 0.400. The van der Waals surface area contributed by atoms with Gasteiger partial charge in [-0.1, -0.05) is 30.3 Å². The van der Waals surface area contributed by atoms with Gasteiger partial charge in [0.05, 0.1) is 11.4 Å². The van der Waals surface area contributed by atoms with E-state index in [0.717, 1.165) is 18.7 Å². The highest BCUT2D eigenvalue weighted by Crippen LogP contribution is 2.20. The van der Waals surface area contributed by atoms with Crippen molar-refractivity contribution in [3.05, 3.63) is 42.1 Å². The normalized spacial score (nSPS) is 12.6. The molecule has 0 fully saturated rings. The van der Waals surface area contributed by atoms with Crippen LogP contribution in [0.1, 0.15) is 19.5 Å². The average molecular weight is 243 g/mol. The molecule has 0 spiro atoms. The Morgan fingerprint density at radius 1 is 1.28 bits per heavy atom. The molecule has 3 heteroatoms. The van der Waals surface area contributed by atoms with Crippen molar-refractivity contribution in [3.63, 3.8) is 0 Å². The van der Waals surface area contributed by atoms with E-state index in [0.29, 0.717) is 6.04 Å². The smallest absolute Gasteiger partial charge is 0.0685 e. The molecule has 0 aliphatic heterocycles. The van der Waals surface area contributed by atoms with Gasteiger partial charge in [0.2, 0.25) is 0 Å². The number of rotatable bonds is 5. The third kappa shape index (κ3) is 2.79. The largest absolute Gasteiger partial charge is 0.317 e. The summed E-state index contributed by atoms with van der Waals surface area (Å²) in [7, 11) is 1.99. The zero-order valence-electron chi connectivity index (χ0n) is 11.4. The molecule has 1 aromatic carbocycles. The average Bonchev–Trinajstić information content (AvgIpc) is 2.82. The number of aryl methyl sites for hydroxylation is 1. The molecule has 1 atom stereocenters. The van der Waals surface area contributed by atoms with E-state index in [-0.39, 0.29) is 0 Å². The van der Waals surface area contributed by atoms with Crippen LogP contribution in [0.15, 0.2) is 36.4 Å². The van der Waals surface area contributed by atoms with Crippen LogP contribution in [0.4, 0.5) is 0 Å². The molecule has 1 aromatic heterocycles. The summed E-state index contributed by atoms with van der Waals surface area (Å²) in [6.07, 6.45) is 0.962. The molecule has 0 aliphatic carbocycles. The van der Waals surface area contributed by atoms with Crippen LogP contribution in [0, 0.1) is 0 Å². The van der Waals surface area contributed by atoms with E-state index in [4.69, 9.17) is 0 Å².